The van der Waals surface area contributed by atoms with Crippen molar-refractivity contribution in [2.24, 2.45) is 0 Å². The lowest BCUT2D eigenvalue weighted by Gasteiger charge is -2.36. The van der Waals surface area contributed by atoms with Gasteiger partial charge in [-0.1, -0.05) is 36.4 Å². The van der Waals surface area contributed by atoms with Crippen LogP contribution in [0.4, 0.5) is 5.69 Å². The highest BCUT2D eigenvalue weighted by molar-refractivity contribution is 5.78. The highest BCUT2D eigenvalue weighted by Gasteiger charge is 2.27. The Morgan fingerprint density at radius 1 is 1.17 bits per heavy atom. The van der Waals surface area contributed by atoms with Gasteiger partial charge in [0.05, 0.1) is 19.7 Å². The van der Waals surface area contributed by atoms with E-state index in [4.69, 9.17) is 4.74 Å². The first-order valence-corrected chi connectivity index (χ1v) is 10.4. The van der Waals surface area contributed by atoms with Crippen LogP contribution in [0.2, 0.25) is 0 Å². The van der Waals surface area contributed by atoms with Crippen LogP contribution in [0, 0.1) is 0 Å². The number of para-hydroxylation sites is 2. The molecule has 2 heterocycles. The van der Waals surface area contributed by atoms with Crippen molar-refractivity contribution in [3.63, 3.8) is 0 Å². The van der Waals surface area contributed by atoms with Crippen molar-refractivity contribution in [3.8, 4) is 5.75 Å². The first-order chi connectivity index (χ1) is 14.3. The largest absolute Gasteiger partial charge is 0.496 e. The number of carbonyl (C=O) groups is 1. The molecule has 0 bridgehead atoms. The van der Waals surface area contributed by atoms with E-state index >= 15 is 0 Å². The summed E-state index contributed by atoms with van der Waals surface area (Å²) < 4.78 is 5.54. The molecule has 1 atom stereocenters. The number of rotatable bonds is 7. The Balaban J connectivity index is 1.31. The molecule has 6 nitrogen and oxygen atoms in total. The summed E-state index contributed by atoms with van der Waals surface area (Å²) in [6.07, 6.45) is 1.09. The van der Waals surface area contributed by atoms with E-state index in [-0.39, 0.29) is 11.9 Å². The Hall–Kier alpha value is -2.57. The van der Waals surface area contributed by atoms with Gasteiger partial charge >= 0.3 is 0 Å². The predicted octanol–water partition coefficient (Wildman–Crippen LogP) is 1.82. The molecule has 2 aromatic carbocycles. The summed E-state index contributed by atoms with van der Waals surface area (Å²) in [5.74, 6) is 0.957. The number of methoxy groups -OCH3 is 1. The molecule has 4 rings (SSSR count). The van der Waals surface area contributed by atoms with E-state index in [0.29, 0.717) is 13.1 Å². The van der Waals surface area contributed by atoms with Crippen LogP contribution in [0.3, 0.4) is 0 Å². The molecule has 2 aliphatic rings. The number of anilines is 1. The maximum absolute atomic E-state index is 12.6. The van der Waals surface area contributed by atoms with Gasteiger partial charge in [0, 0.05) is 50.5 Å². The van der Waals surface area contributed by atoms with Gasteiger partial charge in [0.25, 0.3) is 0 Å². The summed E-state index contributed by atoms with van der Waals surface area (Å²) in [5.41, 5.74) is 3.84. The average Bonchev–Trinajstić information content (AvgIpc) is 3.17. The molecule has 1 unspecified atom stereocenters. The van der Waals surface area contributed by atoms with Crippen molar-refractivity contribution < 1.29 is 9.53 Å². The minimum atomic E-state index is 0.0827. The molecular weight excluding hydrogens is 364 g/mol. The minimum absolute atomic E-state index is 0.0827. The van der Waals surface area contributed by atoms with Gasteiger partial charge in [-0.05, 0) is 24.1 Å². The fourth-order valence-electron chi connectivity index (χ4n) is 4.39. The number of carbonyl (C=O) groups excluding carboxylic acids is 1. The zero-order valence-electron chi connectivity index (χ0n) is 17.1. The minimum Gasteiger partial charge on any atom is -0.496 e. The van der Waals surface area contributed by atoms with Crippen LogP contribution < -0.4 is 20.3 Å². The smallest absolute Gasteiger partial charge is 0.234 e. The topological polar surface area (TPSA) is 56.8 Å². The monoisotopic (exact) mass is 394 g/mol. The average molecular weight is 395 g/mol. The van der Waals surface area contributed by atoms with Gasteiger partial charge in [-0.25, -0.2) is 0 Å². The molecule has 1 saturated heterocycles. The Kier molecular flexibility index (Phi) is 6.32. The molecule has 154 valence electrons. The molecule has 29 heavy (non-hydrogen) atoms. The Morgan fingerprint density at radius 2 is 2.00 bits per heavy atom. The summed E-state index contributed by atoms with van der Waals surface area (Å²) in [5, 5.41) is 6.56. The summed E-state index contributed by atoms with van der Waals surface area (Å²) in [4.78, 5) is 17.2. The summed E-state index contributed by atoms with van der Waals surface area (Å²) >= 11 is 0. The van der Waals surface area contributed by atoms with Gasteiger partial charge in [0.2, 0.25) is 5.91 Å². The molecule has 0 saturated carbocycles. The van der Waals surface area contributed by atoms with Crippen molar-refractivity contribution in [2.45, 2.75) is 12.5 Å². The molecule has 6 heteroatoms. The molecule has 2 aliphatic heterocycles. The first kappa shape index (κ1) is 19.7. The number of hydrogen-bond donors (Lipinski definition) is 2. The maximum atomic E-state index is 12.6. The molecule has 0 spiro atoms. The molecule has 2 aromatic rings. The lowest BCUT2D eigenvalue weighted by Crippen LogP contribution is -2.50. The molecule has 1 amide bonds. The second kappa shape index (κ2) is 9.29. The van der Waals surface area contributed by atoms with Crippen LogP contribution in [0.5, 0.6) is 5.75 Å². The van der Waals surface area contributed by atoms with E-state index in [9.17, 15) is 4.79 Å². The number of fused-ring (bicyclic) bond motifs is 1. The van der Waals surface area contributed by atoms with Crippen LogP contribution >= 0.6 is 0 Å². The van der Waals surface area contributed by atoms with E-state index in [0.717, 1.165) is 50.5 Å². The zero-order valence-corrected chi connectivity index (χ0v) is 17.1. The Bertz CT molecular complexity index is 841. The molecule has 0 aromatic heterocycles. The van der Waals surface area contributed by atoms with E-state index in [1.807, 2.05) is 18.2 Å². The Labute approximate surface area is 172 Å². The van der Waals surface area contributed by atoms with Crippen LogP contribution in [0.25, 0.3) is 0 Å². The number of piperazine rings is 1. The Morgan fingerprint density at radius 3 is 2.90 bits per heavy atom. The normalized spacial score (nSPS) is 19.1. The fourth-order valence-corrected chi connectivity index (χ4v) is 4.39. The first-order valence-electron chi connectivity index (χ1n) is 10.4. The summed E-state index contributed by atoms with van der Waals surface area (Å²) in [7, 11) is 1.70. The number of ether oxygens (including phenoxy) is 1. The third-order valence-electron chi connectivity index (χ3n) is 5.89. The quantitative estimate of drug-likeness (QED) is 0.750. The van der Waals surface area contributed by atoms with E-state index in [1.165, 1.54) is 11.3 Å². The summed E-state index contributed by atoms with van der Waals surface area (Å²) in [6.45, 7) is 5.50. The maximum Gasteiger partial charge on any atom is 0.234 e. The van der Waals surface area contributed by atoms with Crippen molar-refractivity contribution in [1.82, 2.24) is 15.5 Å². The van der Waals surface area contributed by atoms with Crippen LogP contribution in [0.1, 0.15) is 17.2 Å². The molecule has 0 radical (unpaired) electrons. The highest BCUT2D eigenvalue weighted by Crippen LogP contribution is 2.30. The van der Waals surface area contributed by atoms with Gasteiger partial charge in [0.1, 0.15) is 5.75 Å². The third-order valence-corrected chi connectivity index (χ3v) is 5.89. The number of hydrogen-bond acceptors (Lipinski definition) is 5. The van der Waals surface area contributed by atoms with E-state index in [1.54, 1.807) is 7.11 Å². The SMILES string of the molecule is COc1ccccc1C1CNCCN1CC(=O)NCCN1CCc2ccccc21. The predicted molar refractivity (Wildman–Crippen MR) is 116 cm³/mol. The van der Waals surface area contributed by atoms with Gasteiger partial charge in [-0.15, -0.1) is 0 Å². The van der Waals surface area contributed by atoms with E-state index in [2.05, 4.69) is 50.8 Å². The number of benzene rings is 2. The van der Waals surface area contributed by atoms with Crippen molar-refractivity contribution in [1.29, 1.82) is 0 Å². The van der Waals surface area contributed by atoms with Gasteiger partial charge in [0.15, 0.2) is 0 Å². The fraction of sp³-hybridized carbons (Fsp3) is 0.435. The van der Waals surface area contributed by atoms with Crippen molar-refractivity contribution in [3.05, 3.63) is 59.7 Å². The van der Waals surface area contributed by atoms with Crippen molar-refractivity contribution in [2.75, 3.05) is 57.8 Å². The number of nitrogens with zero attached hydrogens (tertiary/aromatic N) is 2. The molecule has 1 fully saturated rings. The second-order valence-corrected chi connectivity index (χ2v) is 7.65. The molecular formula is C23H30N4O2. The second-order valence-electron chi connectivity index (χ2n) is 7.65. The van der Waals surface area contributed by atoms with Crippen LogP contribution in [-0.2, 0) is 11.2 Å². The lowest BCUT2D eigenvalue weighted by atomic mass is 10.0. The van der Waals surface area contributed by atoms with Gasteiger partial charge in [-0.3, -0.25) is 9.69 Å². The standard InChI is InChI=1S/C23H30N4O2/c1-29-22-9-5-3-7-19(22)21-16-24-11-14-27(21)17-23(28)25-12-15-26-13-10-18-6-2-4-8-20(18)26/h2-9,21,24H,10-17H2,1H3,(H,25,28). The van der Waals surface area contributed by atoms with Crippen molar-refractivity contribution >= 4 is 11.6 Å². The highest BCUT2D eigenvalue weighted by atomic mass is 16.5. The van der Waals surface area contributed by atoms with Gasteiger partial charge < -0.3 is 20.3 Å². The molecule has 0 aliphatic carbocycles. The number of nitrogens with one attached hydrogen (secondary N) is 2. The lowest BCUT2D eigenvalue weighted by molar-refractivity contribution is -0.123. The zero-order chi connectivity index (χ0) is 20.1. The van der Waals surface area contributed by atoms with Gasteiger partial charge in [-0.2, -0.15) is 0 Å². The number of amides is 1. The van der Waals surface area contributed by atoms with Crippen LogP contribution in [0.15, 0.2) is 48.5 Å². The van der Waals surface area contributed by atoms with Crippen LogP contribution in [-0.4, -0.2) is 63.7 Å². The van der Waals surface area contributed by atoms with E-state index < -0.39 is 0 Å². The third kappa shape index (κ3) is 4.54. The summed E-state index contributed by atoms with van der Waals surface area (Å²) in [6, 6.07) is 16.7. The molecule has 2 N–H and O–H groups in total.